The molecule has 0 bridgehead atoms. The van der Waals surface area contributed by atoms with Crippen LogP contribution in [-0.2, 0) is 9.59 Å². The maximum absolute atomic E-state index is 12.4. The predicted octanol–water partition coefficient (Wildman–Crippen LogP) is 2.27. The summed E-state index contributed by atoms with van der Waals surface area (Å²) in [7, 11) is 0. The lowest BCUT2D eigenvalue weighted by atomic mass is 9.67. The van der Waals surface area contributed by atoms with Crippen LogP contribution in [0, 0.1) is 5.41 Å². The Morgan fingerprint density at radius 1 is 1.05 bits per heavy atom. The van der Waals surface area contributed by atoms with E-state index < -0.39 is 0 Å². The minimum atomic E-state index is -0.125. The quantitative estimate of drug-likeness (QED) is 0.796. The van der Waals surface area contributed by atoms with E-state index in [9.17, 15) is 9.59 Å². The zero-order chi connectivity index (χ0) is 14.2. The number of hydrogen-bond donors (Lipinski definition) is 1. The molecule has 1 saturated heterocycles. The van der Waals surface area contributed by atoms with Gasteiger partial charge in [-0.15, -0.1) is 0 Å². The molecule has 1 aromatic heterocycles. The first kappa shape index (κ1) is 13.1. The van der Waals surface area contributed by atoms with E-state index in [0.29, 0.717) is 24.3 Å². The first-order valence-corrected chi connectivity index (χ1v) is 7.17. The molecule has 5 heteroatoms. The number of hydrogen-bond acceptors (Lipinski definition) is 4. The number of rotatable bonds is 1. The van der Waals surface area contributed by atoms with Crippen molar-refractivity contribution in [3.8, 4) is 0 Å². The molecule has 0 atom stereocenters. The molecular formula is C15H19N3O2. The summed E-state index contributed by atoms with van der Waals surface area (Å²) < 4.78 is 0. The lowest BCUT2D eigenvalue weighted by Crippen LogP contribution is -2.49. The first-order valence-electron chi connectivity index (χ1n) is 7.17. The van der Waals surface area contributed by atoms with Crippen LogP contribution in [0.25, 0.3) is 0 Å². The molecule has 1 saturated carbocycles. The van der Waals surface area contributed by atoms with Crippen LogP contribution in [0.5, 0.6) is 0 Å². The van der Waals surface area contributed by atoms with Crippen molar-refractivity contribution in [2.24, 2.45) is 5.41 Å². The molecule has 0 radical (unpaired) electrons. The van der Waals surface area contributed by atoms with E-state index in [-0.39, 0.29) is 17.2 Å². The average molecular weight is 273 g/mol. The molecule has 0 unspecified atom stereocenters. The number of carbonyl (C=O) groups is 2. The number of nitrogens with two attached hydrogens (primary N) is 1. The summed E-state index contributed by atoms with van der Waals surface area (Å²) in [6, 6.07) is 3.29. The number of anilines is 2. The topological polar surface area (TPSA) is 76.3 Å². The van der Waals surface area contributed by atoms with Gasteiger partial charge in [0, 0.05) is 12.8 Å². The molecule has 1 aromatic rings. The van der Waals surface area contributed by atoms with E-state index in [1.807, 2.05) is 0 Å². The lowest BCUT2D eigenvalue weighted by molar-refractivity contribution is -0.134. The molecular weight excluding hydrogens is 254 g/mol. The van der Waals surface area contributed by atoms with Gasteiger partial charge in [0.15, 0.2) is 0 Å². The van der Waals surface area contributed by atoms with Crippen molar-refractivity contribution in [2.45, 2.75) is 44.9 Å². The van der Waals surface area contributed by atoms with Crippen LogP contribution in [0.3, 0.4) is 0 Å². The highest BCUT2D eigenvalue weighted by Crippen LogP contribution is 2.45. The van der Waals surface area contributed by atoms with Crippen molar-refractivity contribution in [3.63, 3.8) is 0 Å². The van der Waals surface area contributed by atoms with Crippen LogP contribution in [0.4, 0.5) is 11.5 Å². The van der Waals surface area contributed by atoms with Gasteiger partial charge in [-0.3, -0.25) is 9.59 Å². The van der Waals surface area contributed by atoms with Gasteiger partial charge in [0.2, 0.25) is 11.8 Å². The Kier molecular flexibility index (Phi) is 3.20. The molecule has 5 nitrogen and oxygen atoms in total. The van der Waals surface area contributed by atoms with Crippen molar-refractivity contribution in [1.82, 2.24) is 4.98 Å². The number of aromatic nitrogens is 1. The van der Waals surface area contributed by atoms with E-state index >= 15 is 0 Å². The Morgan fingerprint density at radius 3 is 2.25 bits per heavy atom. The summed E-state index contributed by atoms with van der Waals surface area (Å²) in [6.07, 6.45) is 7.85. The van der Waals surface area contributed by atoms with Gasteiger partial charge >= 0.3 is 0 Å². The fourth-order valence-corrected chi connectivity index (χ4v) is 3.44. The van der Waals surface area contributed by atoms with Gasteiger partial charge < -0.3 is 5.73 Å². The van der Waals surface area contributed by atoms with Gasteiger partial charge in [0.1, 0.15) is 5.82 Å². The number of nitrogens with zero attached hydrogens (tertiary/aromatic N) is 2. The number of pyridine rings is 1. The fourth-order valence-electron chi connectivity index (χ4n) is 3.44. The Hall–Kier alpha value is -1.91. The standard InChI is InChI=1S/C15H19N3O2/c16-11-4-5-12(17-10-11)18-13(19)8-15(9-14(18)20)6-2-1-3-7-15/h4-5,10H,1-3,6-9,16H2. The molecule has 0 aromatic carbocycles. The third kappa shape index (κ3) is 2.28. The van der Waals surface area contributed by atoms with Crippen molar-refractivity contribution in [2.75, 3.05) is 10.6 Å². The minimum Gasteiger partial charge on any atom is -0.397 e. The SMILES string of the molecule is Nc1ccc(N2C(=O)CC3(CCCCC3)CC2=O)nc1. The van der Waals surface area contributed by atoms with Gasteiger partial charge in [-0.25, -0.2) is 9.88 Å². The molecule has 2 amide bonds. The molecule has 1 aliphatic heterocycles. The van der Waals surface area contributed by atoms with Crippen molar-refractivity contribution in [3.05, 3.63) is 18.3 Å². The lowest BCUT2D eigenvalue weighted by Gasteiger charge is -2.42. The van der Waals surface area contributed by atoms with Crippen LogP contribution >= 0.6 is 0 Å². The van der Waals surface area contributed by atoms with E-state index in [1.165, 1.54) is 17.5 Å². The summed E-state index contributed by atoms with van der Waals surface area (Å²) in [5.41, 5.74) is 6.02. The highest BCUT2D eigenvalue weighted by atomic mass is 16.2. The summed E-state index contributed by atoms with van der Waals surface area (Å²) in [6.45, 7) is 0. The van der Waals surface area contributed by atoms with E-state index in [4.69, 9.17) is 5.73 Å². The molecule has 1 spiro atoms. The van der Waals surface area contributed by atoms with Gasteiger partial charge in [-0.1, -0.05) is 19.3 Å². The average Bonchev–Trinajstić information content (AvgIpc) is 2.41. The Labute approximate surface area is 118 Å². The maximum atomic E-state index is 12.4. The second-order valence-electron chi connectivity index (χ2n) is 5.99. The molecule has 2 aliphatic rings. The van der Waals surface area contributed by atoms with Gasteiger partial charge in [0.05, 0.1) is 11.9 Å². The molecule has 3 rings (SSSR count). The number of nitrogen functional groups attached to an aromatic ring is 1. The Bertz CT molecular complexity index is 513. The second kappa shape index (κ2) is 4.89. The number of imide groups is 1. The molecule has 106 valence electrons. The molecule has 1 aliphatic carbocycles. The van der Waals surface area contributed by atoms with Gasteiger partial charge in [-0.2, -0.15) is 0 Å². The summed E-state index contributed by atoms with van der Waals surface area (Å²) in [5.74, 6) is 0.140. The third-order valence-corrected chi connectivity index (χ3v) is 4.47. The van der Waals surface area contributed by atoms with Crippen LogP contribution in [0.15, 0.2) is 18.3 Å². The normalized spacial score (nSPS) is 22.3. The third-order valence-electron chi connectivity index (χ3n) is 4.47. The first-order chi connectivity index (χ1) is 9.60. The number of amides is 2. The highest BCUT2D eigenvalue weighted by molar-refractivity contribution is 6.16. The molecule has 2 N–H and O–H groups in total. The zero-order valence-electron chi connectivity index (χ0n) is 11.5. The minimum absolute atomic E-state index is 0.0866. The van der Waals surface area contributed by atoms with Crippen LogP contribution in [0.1, 0.15) is 44.9 Å². The summed E-state index contributed by atoms with van der Waals surface area (Å²) in [4.78, 5) is 30.1. The summed E-state index contributed by atoms with van der Waals surface area (Å²) >= 11 is 0. The fraction of sp³-hybridized carbons (Fsp3) is 0.533. The highest BCUT2D eigenvalue weighted by Gasteiger charge is 2.44. The van der Waals surface area contributed by atoms with Crippen molar-refractivity contribution < 1.29 is 9.59 Å². The molecule has 2 fully saturated rings. The maximum Gasteiger partial charge on any atom is 0.235 e. The van der Waals surface area contributed by atoms with E-state index in [2.05, 4.69) is 4.98 Å². The smallest absolute Gasteiger partial charge is 0.235 e. The van der Waals surface area contributed by atoms with E-state index in [0.717, 1.165) is 25.7 Å². The Morgan fingerprint density at radius 2 is 1.70 bits per heavy atom. The predicted molar refractivity (Wildman–Crippen MR) is 75.9 cm³/mol. The zero-order valence-corrected chi connectivity index (χ0v) is 11.5. The largest absolute Gasteiger partial charge is 0.397 e. The molecule has 2 heterocycles. The van der Waals surface area contributed by atoms with Gasteiger partial charge in [0.25, 0.3) is 0 Å². The monoisotopic (exact) mass is 273 g/mol. The molecule has 20 heavy (non-hydrogen) atoms. The van der Waals surface area contributed by atoms with Crippen molar-refractivity contribution >= 4 is 23.3 Å². The second-order valence-corrected chi connectivity index (χ2v) is 5.99. The summed E-state index contributed by atoms with van der Waals surface area (Å²) in [5, 5.41) is 0. The number of piperidine rings is 1. The van der Waals surface area contributed by atoms with Gasteiger partial charge in [-0.05, 0) is 30.4 Å². The number of carbonyl (C=O) groups excluding carboxylic acids is 2. The van der Waals surface area contributed by atoms with E-state index in [1.54, 1.807) is 12.1 Å². The van der Waals surface area contributed by atoms with Crippen LogP contribution in [0.2, 0.25) is 0 Å². The van der Waals surface area contributed by atoms with Crippen molar-refractivity contribution in [1.29, 1.82) is 0 Å². The van der Waals surface area contributed by atoms with Crippen LogP contribution in [-0.4, -0.2) is 16.8 Å². The van der Waals surface area contributed by atoms with Crippen LogP contribution < -0.4 is 10.6 Å². The Balaban J connectivity index is 1.83.